The minimum Gasteiger partial charge on any atom is -0.481 e. The minimum atomic E-state index is -0.948. The Bertz CT molecular complexity index is 348. The number of aliphatic hydroxyl groups is 1. The Labute approximate surface area is 120 Å². The van der Waals surface area contributed by atoms with Crippen molar-refractivity contribution >= 4 is 12.0 Å². The number of nitrogens with one attached hydrogen (secondary N) is 1. The molecule has 1 aliphatic rings. The number of aliphatic carboxylic acids is 1. The van der Waals surface area contributed by atoms with Gasteiger partial charge >= 0.3 is 12.0 Å². The second-order valence-corrected chi connectivity index (χ2v) is 5.76. The van der Waals surface area contributed by atoms with Crippen LogP contribution >= 0.6 is 0 Å². The second-order valence-electron chi connectivity index (χ2n) is 5.76. The fourth-order valence-electron chi connectivity index (χ4n) is 2.36. The van der Waals surface area contributed by atoms with Crippen LogP contribution in [0.15, 0.2) is 0 Å². The summed E-state index contributed by atoms with van der Waals surface area (Å²) in [7, 11) is 0. The molecule has 0 aromatic carbocycles. The molecule has 0 spiro atoms. The van der Waals surface area contributed by atoms with Crippen LogP contribution in [0.2, 0.25) is 0 Å². The third-order valence-electron chi connectivity index (χ3n) is 4.28. The van der Waals surface area contributed by atoms with Crippen molar-refractivity contribution in [2.75, 3.05) is 19.7 Å². The third-order valence-corrected chi connectivity index (χ3v) is 4.28. The Kier molecular flexibility index (Phi) is 6.26. The van der Waals surface area contributed by atoms with Crippen LogP contribution in [0.5, 0.6) is 0 Å². The highest BCUT2D eigenvalue weighted by atomic mass is 16.4. The van der Waals surface area contributed by atoms with E-state index in [1.54, 1.807) is 18.7 Å². The largest absolute Gasteiger partial charge is 0.481 e. The van der Waals surface area contributed by atoms with Crippen molar-refractivity contribution in [1.29, 1.82) is 0 Å². The molecule has 0 bridgehead atoms. The summed E-state index contributed by atoms with van der Waals surface area (Å²) >= 11 is 0. The van der Waals surface area contributed by atoms with E-state index in [4.69, 9.17) is 0 Å². The predicted molar refractivity (Wildman–Crippen MR) is 75.5 cm³/mol. The maximum absolute atomic E-state index is 12.2. The van der Waals surface area contributed by atoms with Crippen molar-refractivity contribution < 1.29 is 19.8 Å². The molecule has 1 saturated heterocycles. The number of carbonyl (C=O) groups is 2. The van der Waals surface area contributed by atoms with E-state index < -0.39 is 11.4 Å². The fourth-order valence-corrected chi connectivity index (χ4v) is 2.36. The summed E-state index contributed by atoms with van der Waals surface area (Å²) in [6.07, 6.45) is 4.24. The number of rotatable bonds is 5. The molecule has 6 nitrogen and oxygen atoms in total. The van der Waals surface area contributed by atoms with Crippen LogP contribution in [-0.2, 0) is 4.79 Å². The molecule has 0 radical (unpaired) electrons. The molecule has 1 aliphatic heterocycles. The van der Waals surface area contributed by atoms with Gasteiger partial charge in [0.15, 0.2) is 0 Å². The second kappa shape index (κ2) is 7.47. The third kappa shape index (κ3) is 4.10. The van der Waals surface area contributed by atoms with E-state index in [0.29, 0.717) is 13.0 Å². The first-order valence-electron chi connectivity index (χ1n) is 7.33. The monoisotopic (exact) mass is 286 g/mol. The Morgan fingerprint density at radius 3 is 2.60 bits per heavy atom. The lowest BCUT2D eigenvalue weighted by atomic mass is 9.88. The highest BCUT2D eigenvalue weighted by Gasteiger charge is 2.33. The van der Waals surface area contributed by atoms with Gasteiger partial charge in [0.1, 0.15) is 0 Å². The number of amides is 2. The number of hydrogen-bond donors (Lipinski definition) is 3. The molecule has 0 aromatic heterocycles. The van der Waals surface area contributed by atoms with Crippen LogP contribution in [0.25, 0.3) is 0 Å². The molecule has 3 N–H and O–H groups in total. The zero-order valence-electron chi connectivity index (χ0n) is 12.4. The molecule has 0 aromatic rings. The lowest BCUT2D eigenvalue weighted by Gasteiger charge is -2.31. The number of urea groups is 1. The molecule has 0 saturated carbocycles. The number of carboxylic acid groups (broad SMARTS) is 1. The van der Waals surface area contributed by atoms with Crippen LogP contribution in [0, 0.1) is 5.41 Å². The fraction of sp³-hybridized carbons (Fsp3) is 0.857. The van der Waals surface area contributed by atoms with Gasteiger partial charge in [0.2, 0.25) is 0 Å². The van der Waals surface area contributed by atoms with Gasteiger partial charge in [-0.15, -0.1) is 0 Å². The van der Waals surface area contributed by atoms with E-state index in [1.165, 1.54) is 0 Å². The topological polar surface area (TPSA) is 89.9 Å². The zero-order valence-corrected chi connectivity index (χ0v) is 12.4. The lowest BCUT2D eigenvalue weighted by molar-refractivity contribution is -0.147. The van der Waals surface area contributed by atoms with E-state index in [-0.39, 0.29) is 25.2 Å². The molecular formula is C14H26N2O4. The van der Waals surface area contributed by atoms with Gasteiger partial charge in [0.05, 0.1) is 18.1 Å². The van der Waals surface area contributed by atoms with Gasteiger partial charge in [-0.1, -0.05) is 19.8 Å². The van der Waals surface area contributed by atoms with Gasteiger partial charge in [0.25, 0.3) is 0 Å². The number of carboxylic acids is 1. The van der Waals surface area contributed by atoms with Crippen molar-refractivity contribution in [2.45, 2.75) is 52.0 Å². The zero-order chi connectivity index (χ0) is 15.2. The summed E-state index contributed by atoms with van der Waals surface area (Å²) in [6.45, 7) is 4.10. The molecule has 1 rings (SSSR count). The molecule has 6 heteroatoms. The summed E-state index contributed by atoms with van der Waals surface area (Å²) in [6, 6.07) is -0.429. The van der Waals surface area contributed by atoms with E-state index in [9.17, 15) is 19.8 Å². The number of carbonyl (C=O) groups excluding carboxylic acids is 1. The molecule has 2 unspecified atom stereocenters. The molecule has 1 heterocycles. The standard InChI is InChI=1S/C14H26N2O4/c1-3-14(2,12(18)19)10-15-13(20)16-8-6-4-5-7-11(16)9-17/h11,17H,3-10H2,1-2H3,(H,15,20)(H,18,19). The van der Waals surface area contributed by atoms with Crippen molar-refractivity contribution in [3.8, 4) is 0 Å². The van der Waals surface area contributed by atoms with Gasteiger partial charge in [-0.05, 0) is 26.2 Å². The van der Waals surface area contributed by atoms with E-state index >= 15 is 0 Å². The number of aliphatic hydroxyl groups excluding tert-OH is 1. The number of likely N-dealkylation sites (tertiary alicyclic amines) is 1. The van der Waals surface area contributed by atoms with Crippen molar-refractivity contribution in [1.82, 2.24) is 10.2 Å². The van der Waals surface area contributed by atoms with Gasteiger partial charge < -0.3 is 20.4 Å². The maximum Gasteiger partial charge on any atom is 0.317 e. The lowest BCUT2D eigenvalue weighted by Crippen LogP contribution is -2.50. The minimum absolute atomic E-state index is 0.0442. The van der Waals surface area contributed by atoms with E-state index in [2.05, 4.69) is 5.32 Å². The average molecular weight is 286 g/mol. The van der Waals surface area contributed by atoms with Crippen LogP contribution < -0.4 is 5.32 Å². The Morgan fingerprint density at radius 2 is 2.05 bits per heavy atom. The normalized spacial score (nSPS) is 22.8. The summed E-state index contributed by atoms with van der Waals surface area (Å²) < 4.78 is 0. The first-order chi connectivity index (χ1) is 9.44. The quantitative estimate of drug-likeness (QED) is 0.713. The molecule has 2 amide bonds. The SMILES string of the molecule is CCC(C)(CNC(=O)N1CCCCCC1CO)C(=O)O. The smallest absolute Gasteiger partial charge is 0.317 e. The highest BCUT2D eigenvalue weighted by Crippen LogP contribution is 2.21. The van der Waals surface area contributed by atoms with E-state index in [0.717, 1.165) is 25.7 Å². The predicted octanol–water partition coefficient (Wildman–Crippen LogP) is 1.43. The first kappa shape index (κ1) is 16.8. The van der Waals surface area contributed by atoms with Crippen molar-refractivity contribution in [3.05, 3.63) is 0 Å². The van der Waals surface area contributed by atoms with Crippen molar-refractivity contribution in [2.24, 2.45) is 5.41 Å². The Hall–Kier alpha value is -1.30. The molecular weight excluding hydrogens is 260 g/mol. The molecule has 116 valence electrons. The number of hydrogen-bond acceptors (Lipinski definition) is 3. The van der Waals surface area contributed by atoms with Crippen LogP contribution in [0.1, 0.15) is 46.0 Å². The number of nitrogens with zero attached hydrogens (tertiary/aromatic N) is 1. The van der Waals surface area contributed by atoms with Crippen LogP contribution in [0.4, 0.5) is 4.79 Å². The van der Waals surface area contributed by atoms with Gasteiger partial charge in [-0.3, -0.25) is 4.79 Å². The summed E-state index contributed by atoms with van der Waals surface area (Å²) in [4.78, 5) is 25.1. The molecule has 0 aliphatic carbocycles. The maximum atomic E-state index is 12.2. The van der Waals surface area contributed by atoms with E-state index in [1.807, 2.05) is 0 Å². The van der Waals surface area contributed by atoms with Gasteiger partial charge in [0, 0.05) is 13.1 Å². The highest BCUT2D eigenvalue weighted by molar-refractivity contribution is 5.78. The van der Waals surface area contributed by atoms with Gasteiger partial charge in [-0.25, -0.2) is 4.79 Å². The van der Waals surface area contributed by atoms with Crippen LogP contribution in [-0.4, -0.2) is 52.9 Å². The summed E-state index contributed by atoms with van der Waals surface area (Å²) in [5.74, 6) is -0.908. The summed E-state index contributed by atoms with van der Waals surface area (Å²) in [5, 5.41) is 21.3. The summed E-state index contributed by atoms with van der Waals surface area (Å²) in [5.41, 5.74) is -0.948. The van der Waals surface area contributed by atoms with Crippen LogP contribution in [0.3, 0.4) is 0 Å². The molecule has 2 atom stereocenters. The first-order valence-corrected chi connectivity index (χ1v) is 7.33. The van der Waals surface area contributed by atoms with Gasteiger partial charge in [-0.2, -0.15) is 0 Å². The van der Waals surface area contributed by atoms with Crippen molar-refractivity contribution in [3.63, 3.8) is 0 Å². The average Bonchev–Trinajstić information content (AvgIpc) is 2.69. The molecule has 20 heavy (non-hydrogen) atoms. The Morgan fingerprint density at radius 1 is 1.35 bits per heavy atom. The molecule has 1 fully saturated rings. The Balaban J connectivity index is 2.62.